The van der Waals surface area contributed by atoms with Crippen molar-refractivity contribution in [3.05, 3.63) is 75.8 Å². The quantitative estimate of drug-likeness (QED) is 0.430. The van der Waals surface area contributed by atoms with E-state index >= 15 is 0 Å². The highest BCUT2D eigenvalue weighted by Gasteiger charge is 2.11. The Bertz CT molecular complexity index is 1080. The predicted molar refractivity (Wildman–Crippen MR) is 115 cm³/mol. The fraction of sp³-hybridized carbons (Fsp3) is 0.273. The molecule has 4 rings (SSSR count). The predicted octanol–water partition coefficient (Wildman–Crippen LogP) is 4.22. The van der Waals surface area contributed by atoms with Crippen LogP contribution < -0.4 is 5.32 Å². The van der Waals surface area contributed by atoms with Gasteiger partial charge in [0.15, 0.2) is 0 Å². The lowest BCUT2D eigenvalue weighted by molar-refractivity contribution is 0.0946. The number of nitrogens with one attached hydrogen (secondary N) is 2. The van der Waals surface area contributed by atoms with Crippen LogP contribution in [0.5, 0.6) is 0 Å². The van der Waals surface area contributed by atoms with E-state index in [1.165, 1.54) is 0 Å². The minimum absolute atomic E-state index is 0.155. The summed E-state index contributed by atoms with van der Waals surface area (Å²) in [6.45, 7) is 2.34. The van der Waals surface area contributed by atoms with E-state index < -0.39 is 0 Å². The van der Waals surface area contributed by atoms with E-state index in [-0.39, 0.29) is 5.91 Å². The Hall–Kier alpha value is -3.06. The van der Waals surface area contributed by atoms with Gasteiger partial charge in [0, 0.05) is 17.5 Å². The van der Waals surface area contributed by atoms with Crippen molar-refractivity contribution in [2.24, 2.45) is 0 Å². The number of fused-ring (bicyclic) bond motifs is 1. The number of nitrogens with zero attached hydrogens (tertiary/aromatic N) is 3. The molecule has 0 atom stereocenters. The van der Waals surface area contributed by atoms with Gasteiger partial charge in [-0.3, -0.25) is 9.78 Å². The molecule has 0 aliphatic heterocycles. The molecule has 29 heavy (non-hydrogen) atoms. The van der Waals surface area contributed by atoms with Gasteiger partial charge in [0.2, 0.25) is 0 Å². The number of aromatic amines is 1. The second-order valence-electron chi connectivity index (χ2n) is 6.99. The van der Waals surface area contributed by atoms with Gasteiger partial charge in [-0.05, 0) is 50.5 Å². The van der Waals surface area contributed by atoms with Gasteiger partial charge in [-0.2, -0.15) is 0 Å². The Morgan fingerprint density at radius 2 is 1.90 bits per heavy atom. The molecule has 0 saturated heterocycles. The van der Waals surface area contributed by atoms with Crippen LogP contribution in [0.2, 0.25) is 0 Å². The average Bonchev–Trinajstić information content (AvgIpc) is 3.36. The van der Waals surface area contributed by atoms with Crippen LogP contribution in [0.25, 0.3) is 11.0 Å². The molecule has 0 aliphatic carbocycles. The van der Waals surface area contributed by atoms with Crippen LogP contribution in [-0.2, 0) is 19.4 Å². The minimum Gasteiger partial charge on any atom is -0.345 e. The van der Waals surface area contributed by atoms with Crippen LogP contribution in [0.4, 0.5) is 0 Å². The fourth-order valence-electron chi connectivity index (χ4n) is 3.18. The zero-order chi connectivity index (χ0) is 20.1. The maximum absolute atomic E-state index is 12.3. The Labute approximate surface area is 173 Å². The monoisotopic (exact) mass is 405 g/mol. The van der Waals surface area contributed by atoms with Gasteiger partial charge in [0.1, 0.15) is 11.5 Å². The molecule has 2 N–H and O–H groups in total. The van der Waals surface area contributed by atoms with Crippen molar-refractivity contribution in [2.75, 3.05) is 0 Å². The van der Waals surface area contributed by atoms with Crippen molar-refractivity contribution in [1.29, 1.82) is 0 Å². The van der Waals surface area contributed by atoms with Gasteiger partial charge in [0.25, 0.3) is 5.91 Å². The summed E-state index contributed by atoms with van der Waals surface area (Å²) < 4.78 is 0. The van der Waals surface area contributed by atoms with Gasteiger partial charge in [-0.15, -0.1) is 11.3 Å². The normalized spacial score (nSPS) is 11.1. The van der Waals surface area contributed by atoms with E-state index in [0.29, 0.717) is 12.2 Å². The second kappa shape index (κ2) is 8.96. The maximum Gasteiger partial charge on any atom is 0.271 e. The molecule has 0 spiro atoms. The number of unbranched alkanes of at least 4 members (excludes halogenated alkanes) is 1. The summed E-state index contributed by atoms with van der Waals surface area (Å²) in [5.74, 6) is 0.869. The lowest BCUT2D eigenvalue weighted by Crippen LogP contribution is -2.23. The van der Waals surface area contributed by atoms with Crippen molar-refractivity contribution >= 4 is 28.3 Å². The first-order valence-electron chi connectivity index (χ1n) is 9.76. The number of para-hydroxylation sites is 2. The molecule has 3 heterocycles. The Morgan fingerprint density at radius 1 is 1.03 bits per heavy atom. The van der Waals surface area contributed by atoms with Crippen LogP contribution in [0, 0.1) is 6.92 Å². The summed E-state index contributed by atoms with van der Waals surface area (Å²) in [6.07, 6.45) is 3.83. The molecule has 0 radical (unpaired) electrons. The number of aryl methyl sites for hydroxylation is 3. The first-order chi connectivity index (χ1) is 14.2. The molecule has 0 bridgehead atoms. The Balaban J connectivity index is 1.23. The van der Waals surface area contributed by atoms with E-state index in [9.17, 15) is 4.79 Å². The molecular weight excluding hydrogens is 382 g/mol. The van der Waals surface area contributed by atoms with E-state index in [1.54, 1.807) is 11.3 Å². The summed E-state index contributed by atoms with van der Waals surface area (Å²) in [5, 5.41) is 5.71. The Morgan fingerprint density at radius 3 is 2.76 bits per heavy atom. The van der Waals surface area contributed by atoms with Gasteiger partial charge in [0.05, 0.1) is 28.3 Å². The number of carbonyl (C=O) groups excluding carboxylic acids is 1. The zero-order valence-corrected chi connectivity index (χ0v) is 17.1. The number of benzene rings is 1. The second-order valence-corrected chi connectivity index (χ2v) is 7.93. The lowest BCUT2D eigenvalue weighted by Gasteiger charge is -2.03. The smallest absolute Gasteiger partial charge is 0.271 e. The molecule has 0 fully saturated rings. The van der Waals surface area contributed by atoms with Crippen LogP contribution in [-0.4, -0.2) is 25.8 Å². The SMILES string of the molecule is Cc1cccc(CNC(=O)c2csc(CCCCc3nc4ccccc4[nH]3)n2)n1. The number of pyridine rings is 1. The number of hydrogen-bond donors (Lipinski definition) is 2. The van der Waals surface area contributed by atoms with Crippen LogP contribution in [0.3, 0.4) is 0 Å². The van der Waals surface area contributed by atoms with Crippen molar-refractivity contribution in [2.45, 2.75) is 39.2 Å². The summed E-state index contributed by atoms with van der Waals surface area (Å²) in [6, 6.07) is 13.9. The van der Waals surface area contributed by atoms with Gasteiger partial charge < -0.3 is 10.3 Å². The molecule has 3 aromatic heterocycles. The molecule has 7 heteroatoms. The number of thiazole rings is 1. The summed E-state index contributed by atoms with van der Waals surface area (Å²) >= 11 is 1.54. The number of imidazole rings is 1. The van der Waals surface area contributed by atoms with Crippen LogP contribution >= 0.6 is 11.3 Å². The molecule has 148 valence electrons. The highest BCUT2D eigenvalue weighted by Crippen LogP contribution is 2.15. The molecule has 6 nitrogen and oxygen atoms in total. The van der Waals surface area contributed by atoms with E-state index in [4.69, 9.17) is 0 Å². The minimum atomic E-state index is -0.155. The third-order valence-corrected chi connectivity index (χ3v) is 5.56. The standard InChI is InChI=1S/C22H23N5OS/c1-15-7-6-8-16(24-15)13-23-22(28)19-14-29-21(27-19)12-5-4-11-20-25-17-9-2-3-10-18(17)26-20/h2-3,6-10,14H,4-5,11-13H2,1H3,(H,23,28)(H,25,26). The first-order valence-corrected chi connectivity index (χ1v) is 10.6. The topological polar surface area (TPSA) is 83.6 Å². The first kappa shape index (κ1) is 19.3. The highest BCUT2D eigenvalue weighted by molar-refractivity contribution is 7.09. The maximum atomic E-state index is 12.3. The number of amides is 1. The largest absolute Gasteiger partial charge is 0.345 e. The molecule has 0 aliphatic rings. The molecule has 0 unspecified atom stereocenters. The lowest BCUT2D eigenvalue weighted by atomic mass is 10.2. The fourth-order valence-corrected chi connectivity index (χ4v) is 4.00. The van der Waals surface area contributed by atoms with Crippen molar-refractivity contribution in [3.63, 3.8) is 0 Å². The van der Waals surface area contributed by atoms with Gasteiger partial charge >= 0.3 is 0 Å². The van der Waals surface area contributed by atoms with Gasteiger partial charge in [-0.1, -0.05) is 18.2 Å². The molecule has 1 amide bonds. The third-order valence-electron chi connectivity index (χ3n) is 4.65. The molecular formula is C22H23N5OS. The summed E-state index contributed by atoms with van der Waals surface area (Å²) in [4.78, 5) is 29.2. The molecule has 1 aromatic carbocycles. The number of aromatic nitrogens is 4. The summed E-state index contributed by atoms with van der Waals surface area (Å²) in [5.41, 5.74) is 4.36. The number of H-pyrrole nitrogens is 1. The Kier molecular flexibility index (Phi) is 5.95. The zero-order valence-electron chi connectivity index (χ0n) is 16.3. The van der Waals surface area contributed by atoms with Crippen molar-refractivity contribution < 1.29 is 4.79 Å². The highest BCUT2D eigenvalue weighted by atomic mass is 32.1. The average molecular weight is 406 g/mol. The van der Waals surface area contributed by atoms with E-state index in [0.717, 1.165) is 58.9 Å². The van der Waals surface area contributed by atoms with Crippen molar-refractivity contribution in [3.8, 4) is 0 Å². The van der Waals surface area contributed by atoms with Crippen LogP contribution in [0.1, 0.15) is 45.5 Å². The van der Waals surface area contributed by atoms with E-state index in [2.05, 4.69) is 25.3 Å². The van der Waals surface area contributed by atoms with E-state index in [1.807, 2.05) is 54.8 Å². The number of rotatable bonds is 8. The number of carbonyl (C=O) groups is 1. The summed E-state index contributed by atoms with van der Waals surface area (Å²) in [7, 11) is 0. The van der Waals surface area contributed by atoms with Gasteiger partial charge in [-0.25, -0.2) is 9.97 Å². The third kappa shape index (κ3) is 5.06. The number of hydrogen-bond acceptors (Lipinski definition) is 5. The molecule has 0 saturated carbocycles. The van der Waals surface area contributed by atoms with Crippen molar-refractivity contribution in [1.82, 2.24) is 25.3 Å². The molecule has 4 aromatic rings. The van der Waals surface area contributed by atoms with Crippen LogP contribution in [0.15, 0.2) is 47.8 Å².